The number of ether oxygens (including phenoxy) is 3. The van der Waals surface area contributed by atoms with Gasteiger partial charge in [-0.25, -0.2) is 0 Å². The van der Waals surface area contributed by atoms with E-state index in [4.69, 9.17) is 14.2 Å². The molecule has 0 radical (unpaired) electrons. The van der Waals surface area contributed by atoms with Gasteiger partial charge < -0.3 is 14.2 Å². The van der Waals surface area contributed by atoms with Crippen molar-refractivity contribution in [3.8, 4) is 17.2 Å². The third kappa shape index (κ3) is 4.08. The van der Waals surface area contributed by atoms with Crippen molar-refractivity contribution in [3.05, 3.63) is 62.5 Å². The zero-order valence-electron chi connectivity index (χ0n) is 16.4. The minimum absolute atomic E-state index is 0.148. The molecule has 156 valence electrons. The Kier molecular flexibility index (Phi) is 6.26. The van der Waals surface area contributed by atoms with Gasteiger partial charge >= 0.3 is 0 Å². The van der Waals surface area contributed by atoms with Crippen molar-refractivity contribution in [2.24, 2.45) is 0 Å². The predicted octanol–water partition coefficient (Wildman–Crippen LogP) is 3.86. The van der Waals surface area contributed by atoms with Crippen molar-refractivity contribution >= 4 is 34.7 Å². The lowest BCUT2D eigenvalue weighted by Gasteiger charge is -2.13. The number of nitrogens with zero attached hydrogens (tertiary/aromatic N) is 2. The fourth-order valence-electron chi connectivity index (χ4n) is 2.97. The van der Waals surface area contributed by atoms with Crippen LogP contribution < -0.4 is 14.2 Å². The van der Waals surface area contributed by atoms with Crippen molar-refractivity contribution in [3.63, 3.8) is 0 Å². The van der Waals surface area contributed by atoms with E-state index in [2.05, 4.69) is 0 Å². The van der Waals surface area contributed by atoms with E-state index in [0.29, 0.717) is 22.8 Å². The molecule has 3 rings (SSSR count). The summed E-state index contributed by atoms with van der Waals surface area (Å²) in [6.45, 7) is -0.186. The van der Waals surface area contributed by atoms with Crippen LogP contribution in [0, 0.1) is 10.1 Å². The summed E-state index contributed by atoms with van der Waals surface area (Å²) in [4.78, 5) is 37.0. The topological polar surface area (TPSA) is 108 Å². The highest BCUT2D eigenvalue weighted by Gasteiger charge is 2.36. The van der Waals surface area contributed by atoms with Gasteiger partial charge in [-0.2, -0.15) is 0 Å². The molecule has 2 amide bonds. The van der Waals surface area contributed by atoms with Crippen LogP contribution in [-0.4, -0.2) is 42.3 Å². The van der Waals surface area contributed by atoms with Crippen molar-refractivity contribution < 1.29 is 28.7 Å². The number of methoxy groups -OCH3 is 3. The first-order valence-corrected chi connectivity index (χ1v) is 9.49. The Balaban J connectivity index is 1.92. The largest absolute Gasteiger partial charge is 0.493 e. The molecule has 0 N–H and O–H groups in total. The molecule has 0 bridgehead atoms. The quantitative estimate of drug-likeness (QED) is 0.370. The lowest BCUT2D eigenvalue weighted by Crippen LogP contribution is -2.27. The lowest BCUT2D eigenvalue weighted by atomic mass is 10.1. The number of nitro groups is 1. The summed E-state index contributed by atoms with van der Waals surface area (Å²) < 4.78 is 15.9. The summed E-state index contributed by atoms with van der Waals surface area (Å²) in [6, 6.07) is 9.30. The van der Waals surface area contributed by atoms with Crippen molar-refractivity contribution in [2.45, 2.75) is 6.54 Å². The molecule has 1 saturated heterocycles. The average molecular weight is 430 g/mol. The van der Waals surface area contributed by atoms with Crippen LogP contribution in [0.25, 0.3) is 6.08 Å². The first kappa shape index (κ1) is 21.2. The van der Waals surface area contributed by atoms with E-state index in [0.717, 1.165) is 16.7 Å². The number of benzene rings is 2. The van der Waals surface area contributed by atoms with E-state index < -0.39 is 16.1 Å². The lowest BCUT2D eigenvalue weighted by molar-refractivity contribution is -0.385. The van der Waals surface area contributed by atoms with Crippen molar-refractivity contribution in [1.29, 1.82) is 0 Å². The standard InChI is InChI=1S/C20H18N2O7S/c1-27-15-8-12(9-16(28-2)18(15)29-3)10-17-19(23)21(20(24)30-17)11-13-6-4-5-7-14(13)22(25)26/h4-10H,11H2,1-3H3/b17-10+. The molecule has 2 aromatic carbocycles. The van der Waals surface area contributed by atoms with Gasteiger partial charge in [-0.05, 0) is 35.5 Å². The molecule has 1 aliphatic heterocycles. The summed E-state index contributed by atoms with van der Waals surface area (Å²) in [5.74, 6) is 0.683. The van der Waals surface area contributed by atoms with Gasteiger partial charge in [0.25, 0.3) is 16.8 Å². The first-order chi connectivity index (χ1) is 14.4. The molecule has 0 aromatic heterocycles. The minimum Gasteiger partial charge on any atom is -0.493 e. The second-order valence-corrected chi connectivity index (χ2v) is 7.11. The molecule has 30 heavy (non-hydrogen) atoms. The highest BCUT2D eigenvalue weighted by molar-refractivity contribution is 8.18. The SMILES string of the molecule is COc1cc(/C=C2/SC(=O)N(Cc3ccccc3[N+](=O)[O-])C2=O)cc(OC)c1OC. The molecule has 0 saturated carbocycles. The molecule has 9 nitrogen and oxygen atoms in total. The number of hydrogen-bond acceptors (Lipinski definition) is 8. The maximum Gasteiger partial charge on any atom is 0.293 e. The van der Waals surface area contributed by atoms with Gasteiger partial charge in [-0.15, -0.1) is 0 Å². The summed E-state index contributed by atoms with van der Waals surface area (Å²) in [7, 11) is 4.43. The third-order valence-electron chi connectivity index (χ3n) is 4.38. The van der Waals surface area contributed by atoms with Crippen molar-refractivity contribution in [1.82, 2.24) is 4.90 Å². The minimum atomic E-state index is -0.542. The van der Waals surface area contributed by atoms with Crippen LogP contribution in [0.4, 0.5) is 10.5 Å². The van der Waals surface area contributed by atoms with E-state index in [1.54, 1.807) is 18.2 Å². The summed E-state index contributed by atoms with van der Waals surface area (Å²) in [6.07, 6.45) is 1.54. The summed E-state index contributed by atoms with van der Waals surface area (Å²) >= 11 is 0.763. The zero-order chi connectivity index (χ0) is 21.8. The maximum atomic E-state index is 12.8. The Labute approximate surface area is 176 Å². The van der Waals surface area contributed by atoms with E-state index in [1.807, 2.05) is 0 Å². The van der Waals surface area contributed by atoms with Crippen LogP contribution in [0.3, 0.4) is 0 Å². The summed E-state index contributed by atoms with van der Waals surface area (Å²) in [5, 5.41) is 10.7. The van der Waals surface area contributed by atoms with Gasteiger partial charge in [-0.1, -0.05) is 18.2 Å². The Morgan fingerprint density at radius 2 is 1.70 bits per heavy atom. The van der Waals surface area contributed by atoms with E-state index in [9.17, 15) is 19.7 Å². The third-order valence-corrected chi connectivity index (χ3v) is 5.28. The average Bonchev–Trinajstić information content (AvgIpc) is 3.00. The molecule has 0 unspecified atom stereocenters. The van der Waals surface area contributed by atoms with Crippen LogP contribution in [0.5, 0.6) is 17.2 Å². The van der Waals surface area contributed by atoms with Crippen LogP contribution in [0.1, 0.15) is 11.1 Å². The zero-order valence-corrected chi connectivity index (χ0v) is 17.2. The number of amides is 2. The Hall–Kier alpha value is -3.53. The number of thioether (sulfide) groups is 1. The van der Waals surface area contributed by atoms with Crippen molar-refractivity contribution in [2.75, 3.05) is 21.3 Å². The molecular weight excluding hydrogens is 412 g/mol. The highest BCUT2D eigenvalue weighted by Crippen LogP contribution is 2.40. The molecular formula is C20H18N2O7S. The number of nitro benzene ring substituents is 1. The number of rotatable bonds is 7. The molecule has 0 spiro atoms. The Morgan fingerprint density at radius 1 is 1.07 bits per heavy atom. The molecule has 1 aliphatic rings. The predicted molar refractivity (Wildman–Crippen MR) is 111 cm³/mol. The van der Waals surface area contributed by atoms with E-state index >= 15 is 0 Å². The fraction of sp³-hybridized carbons (Fsp3) is 0.200. The van der Waals surface area contributed by atoms with Crippen LogP contribution in [0.2, 0.25) is 0 Å². The highest BCUT2D eigenvalue weighted by atomic mass is 32.2. The second kappa shape index (κ2) is 8.87. The monoisotopic (exact) mass is 430 g/mol. The Bertz CT molecular complexity index is 1030. The summed E-state index contributed by atoms with van der Waals surface area (Å²) in [5.41, 5.74) is 0.699. The molecule has 10 heteroatoms. The number of carbonyl (C=O) groups is 2. The fourth-order valence-corrected chi connectivity index (χ4v) is 3.80. The number of para-hydroxylation sites is 1. The first-order valence-electron chi connectivity index (χ1n) is 8.67. The number of hydrogen-bond donors (Lipinski definition) is 0. The van der Waals surface area contributed by atoms with E-state index in [-0.39, 0.29) is 22.7 Å². The van der Waals surface area contributed by atoms with Gasteiger partial charge in [0.1, 0.15) is 0 Å². The molecule has 2 aromatic rings. The number of carbonyl (C=O) groups excluding carboxylic acids is 2. The molecule has 1 fully saturated rings. The van der Waals surface area contributed by atoms with Crippen LogP contribution in [-0.2, 0) is 11.3 Å². The van der Waals surface area contributed by atoms with Crippen LogP contribution >= 0.6 is 11.8 Å². The maximum absolute atomic E-state index is 12.8. The molecule has 0 atom stereocenters. The normalized spacial score (nSPS) is 14.9. The van der Waals surface area contributed by atoms with Gasteiger partial charge in [0.15, 0.2) is 11.5 Å². The molecule has 0 aliphatic carbocycles. The van der Waals surface area contributed by atoms with Gasteiger partial charge in [0.05, 0.1) is 37.7 Å². The second-order valence-electron chi connectivity index (χ2n) is 6.11. The number of imide groups is 1. The van der Waals surface area contributed by atoms with E-state index in [1.165, 1.54) is 45.6 Å². The molecule has 1 heterocycles. The van der Waals surface area contributed by atoms with Crippen LogP contribution in [0.15, 0.2) is 41.3 Å². The van der Waals surface area contributed by atoms with Gasteiger partial charge in [0, 0.05) is 11.6 Å². The van der Waals surface area contributed by atoms with Gasteiger partial charge in [0.2, 0.25) is 5.75 Å². The van der Waals surface area contributed by atoms with Gasteiger partial charge in [-0.3, -0.25) is 24.6 Å². The smallest absolute Gasteiger partial charge is 0.293 e. The Morgan fingerprint density at radius 3 is 2.27 bits per heavy atom.